The van der Waals surface area contributed by atoms with E-state index in [1.54, 1.807) is 0 Å². The third kappa shape index (κ3) is 5.78. The van der Waals surface area contributed by atoms with E-state index in [1.165, 1.54) is 25.7 Å². The molecular formula is C12H24NO2+. The van der Waals surface area contributed by atoms with Gasteiger partial charge in [0.15, 0.2) is 6.54 Å². The molecule has 0 bridgehead atoms. The Hall–Kier alpha value is -0.570. The first-order valence-electron chi connectivity index (χ1n) is 5.97. The van der Waals surface area contributed by atoms with Crippen LogP contribution in [0.1, 0.15) is 38.5 Å². The predicted molar refractivity (Wildman–Crippen MR) is 60.5 cm³/mol. The summed E-state index contributed by atoms with van der Waals surface area (Å²) in [4.78, 5) is 11.6. The van der Waals surface area contributed by atoms with Crippen LogP contribution < -0.4 is 0 Å². The van der Waals surface area contributed by atoms with E-state index in [0.717, 1.165) is 12.8 Å². The molecule has 0 radical (unpaired) electrons. The van der Waals surface area contributed by atoms with Gasteiger partial charge in [0.1, 0.15) is 6.10 Å². The van der Waals surface area contributed by atoms with Crippen molar-refractivity contribution in [3.05, 3.63) is 0 Å². The van der Waals surface area contributed by atoms with Crippen LogP contribution in [0, 0.1) is 0 Å². The molecule has 0 amide bonds. The molecule has 1 aliphatic carbocycles. The fraction of sp³-hybridized carbons (Fsp3) is 0.917. The summed E-state index contributed by atoms with van der Waals surface area (Å²) in [6.45, 7) is 0.469. The van der Waals surface area contributed by atoms with Gasteiger partial charge in [0.25, 0.3) is 0 Å². The molecule has 0 saturated heterocycles. The maximum Gasteiger partial charge on any atom is 0.362 e. The van der Waals surface area contributed by atoms with Crippen molar-refractivity contribution in [2.24, 2.45) is 0 Å². The van der Waals surface area contributed by atoms with Crippen molar-refractivity contribution in [3.63, 3.8) is 0 Å². The van der Waals surface area contributed by atoms with Gasteiger partial charge in [-0.1, -0.05) is 12.8 Å². The maximum absolute atomic E-state index is 11.6. The minimum Gasteiger partial charge on any atom is -0.458 e. The van der Waals surface area contributed by atoms with E-state index < -0.39 is 0 Å². The number of likely N-dealkylation sites (N-methyl/N-ethyl adjacent to an activating group) is 1. The minimum absolute atomic E-state index is 0.0469. The number of carbonyl (C=O) groups excluding carboxylic acids is 1. The van der Waals surface area contributed by atoms with Crippen molar-refractivity contribution in [1.29, 1.82) is 0 Å². The summed E-state index contributed by atoms with van der Waals surface area (Å²) in [7, 11) is 6.02. The Morgan fingerprint density at radius 2 is 1.67 bits per heavy atom. The van der Waals surface area contributed by atoms with Crippen LogP contribution in [0.2, 0.25) is 0 Å². The van der Waals surface area contributed by atoms with Crippen LogP contribution in [0.5, 0.6) is 0 Å². The average Bonchev–Trinajstić information content (AvgIpc) is 2.28. The third-order valence-corrected chi connectivity index (χ3v) is 2.70. The Morgan fingerprint density at radius 3 is 2.13 bits per heavy atom. The van der Waals surface area contributed by atoms with Crippen LogP contribution in [-0.4, -0.2) is 44.2 Å². The van der Waals surface area contributed by atoms with Crippen LogP contribution in [-0.2, 0) is 9.53 Å². The molecule has 0 aromatic heterocycles. The van der Waals surface area contributed by atoms with Gasteiger partial charge in [-0.15, -0.1) is 0 Å². The van der Waals surface area contributed by atoms with E-state index in [9.17, 15) is 4.79 Å². The molecule has 0 aromatic rings. The van der Waals surface area contributed by atoms with Crippen molar-refractivity contribution >= 4 is 5.97 Å². The highest BCUT2D eigenvalue weighted by Gasteiger charge is 2.21. The maximum atomic E-state index is 11.6. The Bertz CT molecular complexity index is 200. The molecule has 0 N–H and O–H groups in total. The van der Waals surface area contributed by atoms with Gasteiger partial charge >= 0.3 is 5.97 Å². The largest absolute Gasteiger partial charge is 0.458 e. The molecular weight excluding hydrogens is 190 g/mol. The number of quaternary nitrogens is 1. The van der Waals surface area contributed by atoms with E-state index in [2.05, 4.69) is 0 Å². The molecule has 0 spiro atoms. The first kappa shape index (κ1) is 12.5. The first-order valence-corrected chi connectivity index (χ1v) is 5.97. The number of nitrogens with zero attached hydrogens (tertiary/aromatic N) is 1. The van der Waals surface area contributed by atoms with Crippen LogP contribution in [0.15, 0.2) is 0 Å². The Kier molecular flexibility index (Phi) is 4.58. The molecule has 1 aliphatic rings. The quantitative estimate of drug-likeness (QED) is 0.408. The van der Waals surface area contributed by atoms with Crippen LogP contribution in [0.4, 0.5) is 0 Å². The molecule has 0 atom stereocenters. The lowest BCUT2D eigenvalue weighted by Gasteiger charge is -2.24. The van der Waals surface area contributed by atoms with Crippen molar-refractivity contribution in [1.82, 2.24) is 0 Å². The zero-order valence-electron chi connectivity index (χ0n) is 10.3. The number of esters is 1. The van der Waals surface area contributed by atoms with Gasteiger partial charge in [0.05, 0.1) is 21.1 Å². The van der Waals surface area contributed by atoms with Crippen molar-refractivity contribution in [2.45, 2.75) is 44.6 Å². The summed E-state index contributed by atoms with van der Waals surface area (Å²) >= 11 is 0. The summed E-state index contributed by atoms with van der Waals surface area (Å²) in [6.07, 6.45) is 7.31. The molecule has 15 heavy (non-hydrogen) atoms. The Balaban J connectivity index is 2.30. The standard InChI is InChI=1S/C12H24NO2/c1-13(2,3)10-12(14)15-11-8-6-4-5-7-9-11/h11H,4-10H2,1-3H3/q+1. The summed E-state index contributed by atoms with van der Waals surface area (Å²) < 4.78 is 6.14. The van der Waals surface area contributed by atoms with E-state index >= 15 is 0 Å². The van der Waals surface area contributed by atoms with Gasteiger partial charge in [-0.25, -0.2) is 4.79 Å². The highest BCUT2D eigenvalue weighted by Crippen LogP contribution is 2.19. The van der Waals surface area contributed by atoms with Crippen LogP contribution >= 0.6 is 0 Å². The molecule has 0 aromatic carbocycles. The van der Waals surface area contributed by atoms with E-state index in [-0.39, 0.29) is 12.1 Å². The number of hydrogen-bond acceptors (Lipinski definition) is 2. The van der Waals surface area contributed by atoms with Gasteiger partial charge in [0, 0.05) is 0 Å². The smallest absolute Gasteiger partial charge is 0.362 e. The number of hydrogen-bond donors (Lipinski definition) is 0. The first-order chi connectivity index (χ1) is 6.97. The van der Waals surface area contributed by atoms with E-state index in [1.807, 2.05) is 21.1 Å². The predicted octanol–water partition coefficient (Wildman–Crippen LogP) is 1.96. The topological polar surface area (TPSA) is 26.3 Å². The third-order valence-electron chi connectivity index (χ3n) is 2.70. The Morgan fingerprint density at radius 1 is 1.13 bits per heavy atom. The molecule has 3 nitrogen and oxygen atoms in total. The average molecular weight is 214 g/mol. The molecule has 1 fully saturated rings. The molecule has 0 aliphatic heterocycles. The summed E-state index contributed by atoms with van der Waals surface area (Å²) in [6, 6.07) is 0. The lowest BCUT2D eigenvalue weighted by Crippen LogP contribution is -2.41. The second-order valence-corrected chi connectivity index (χ2v) is 5.55. The van der Waals surface area contributed by atoms with Crippen LogP contribution in [0.3, 0.4) is 0 Å². The van der Waals surface area contributed by atoms with Crippen molar-refractivity contribution in [2.75, 3.05) is 27.7 Å². The molecule has 1 saturated carbocycles. The molecule has 3 heteroatoms. The zero-order chi connectivity index (χ0) is 11.3. The molecule has 88 valence electrons. The van der Waals surface area contributed by atoms with Gasteiger partial charge < -0.3 is 9.22 Å². The molecule has 1 rings (SSSR count). The number of rotatable bonds is 3. The minimum atomic E-state index is -0.0469. The van der Waals surface area contributed by atoms with Gasteiger partial charge in [-0.05, 0) is 25.7 Å². The van der Waals surface area contributed by atoms with Gasteiger partial charge in [-0.3, -0.25) is 0 Å². The molecule has 0 unspecified atom stereocenters. The van der Waals surface area contributed by atoms with Crippen molar-refractivity contribution < 1.29 is 14.0 Å². The number of carbonyl (C=O) groups is 1. The summed E-state index contributed by atoms with van der Waals surface area (Å²) in [5, 5.41) is 0. The van der Waals surface area contributed by atoms with Crippen LogP contribution in [0.25, 0.3) is 0 Å². The fourth-order valence-electron chi connectivity index (χ4n) is 1.97. The van der Waals surface area contributed by atoms with Gasteiger partial charge in [-0.2, -0.15) is 0 Å². The highest BCUT2D eigenvalue weighted by molar-refractivity contribution is 5.70. The SMILES string of the molecule is C[N+](C)(C)CC(=O)OC1CCCCCC1. The zero-order valence-corrected chi connectivity index (χ0v) is 10.3. The summed E-state index contributed by atoms with van der Waals surface area (Å²) in [5.74, 6) is -0.0469. The molecule has 0 heterocycles. The van der Waals surface area contributed by atoms with Gasteiger partial charge in [0.2, 0.25) is 0 Å². The highest BCUT2D eigenvalue weighted by atomic mass is 16.5. The monoisotopic (exact) mass is 214 g/mol. The normalized spacial score (nSPS) is 19.7. The lowest BCUT2D eigenvalue weighted by molar-refractivity contribution is -0.862. The second kappa shape index (κ2) is 5.50. The van der Waals surface area contributed by atoms with E-state index in [0.29, 0.717) is 11.0 Å². The Labute approximate surface area is 93.0 Å². The number of ether oxygens (including phenoxy) is 1. The fourth-order valence-corrected chi connectivity index (χ4v) is 1.97. The lowest BCUT2D eigenvalue weighted by atomic mass is 10.1. The van der Waals surface area contributed by atoms with E-state index in [4.69, 9.17) is 4.74 Å². The van der Waals surface area contributed by atoms with Crippen molar-refractivity contribution in [3.8, 4) is 0 Å². The second-order valence-electron chi connectivity index (χ2n) is 5.55. The summed E-state index contributed by atoms with van der Waals surface area (Å²) in [5.41, 5.74) is 0.